The summed E-state index contributed by atoms with van der Waals surface area (Å²) < 4.78 is 0. The highest BCUT2D eigenvalue weighted by molar-refractivity contribution is 6.99. The minimum atomic E-state index is -1.92. The van der Waals surface area contributed by atoms with E-state index >= 15 is 0 Å². The zero-order valence-electron chi connectivity index (χ0n) is 6.58. The molecule has 0 nitrogen and oxygen atoms in total. The predicted molar refractivity (Wildman–Crippen MR) is 47.4 cm³/mol. The molecule has 0 aliphatic rings. The summed E-state index contributed by atoms with van der Waals surface area (Å²) in [7, 11) is -1.92. The van der Waals surface area contributed by atoms with Crippen LogP contribution < -0.4 is 0 Å². The largest absolute Gasteiger partial charge is 0.287 e. The van der Waals surface area contributed by atoms with Crippen LogP contribution in [0.4, 0.5) is 0 Å². The van der Waals surface area contributed by atoms with Crippen LogP contribution in [0.3, 0.4) is 0 Å². The van der Waals surface area contributed by atoms with Crippen molar-refractivity contribution < 1.29 is 0 Å². The molecule has 10 heavy (non-hydrogen) atoms. The summed E-state index contributed by atoms with van der Waals surface area (Å²) in [6.07, 6.45) is 5.29. The minimum absolute atomic E-state index is 1.79. The molecule has 0 heterocycles. The van der Waals surface area contributed by atoms with Gasteiger partial charge in [0.05, 0.1) is 0 Å². The van der Waals surface area contributed by atoms with Crippen molar-refractivity contribution in [1.82, 2.24) is 0 Å². The van der Waals surface area contributed by atoms with E-state index in [2.05, 4.69) is 28.5 Å². The van der Waals surface area contributed by atoms with Crippen molar-refractivity contribution in [2.24, 2.45) is 0 Å². The Morgan fingerprint density at radius 2 is 1.50 bits per heavy atom. The number of hydrogen-bond donors (Lipinski definition) is 0. The number of rotatable bonds is 0. The van der Waals surface area contributed by atoms with E-state index in [4.69, 9.17) is 6.42 Å². The van der Waals surface area contributed by atoms with E-state index in [1.54, 1.807) is 13.8 Å². The second kappa shape index (κ2) is 3.83. The molecule has 0 aromatic rings. The van der Waals surface area contributed by atoms with Crippen LogP contribution in [-0.2, 0) is 0 Å². The lowest BCUT2D eigenvalue weighted by atomic mass is 10.8. The summed E-state index contributed by atoms with van der Waals surface area (Å²) in [5.74, 6) is 5.62. The van der Waals surface area contributed by atoms with E-state index in [1.807, 2.05) is 6.55 Å². The Balaban J connectivity index is 4.66. The zero-order valence-corrected chi connectivity index (χ0v) is 7.58. The Labute approximate surface area is 64.0 Å². The third-order valence-electron chi connectivity index (χ3n) is 1.04. The molecule has 0 saturated heterocycles. The van der Waals surface area contributed by atoms with Gasteiger partial charge in [-0.25, -0.2) is 0 Å². The van der Waals surface area contributed by atoms with Crippen LogP contribution in [0.1, 0.15) is 13.8 Å². The Hall–Kier alpha value is -1.10. The van der Waals surface area contributed by atoms with Crippen LogP contribution in [0.25, 0.3) is 0 Å². The molecule has 0 aliphatic carbocycles. The second-order valence-corrected chi connectivity index (χ2v) is 5.06. The predicted octanol–water partition coefficient (Wildman–Crippen LogP) is 1.36. The SMILES string of the molecule is C#C[Si](C)(C#CC)C#CC. The van der Waals surface area contributed by atoms with Crippen molar-refractivity contribution in [1.29, 1.82) is 0 Å². The van der Waals surface area contributed by atoms with E-state index in [9.17, 15) is 0 Å². The highest BCUT2D eigenvalue weighted by atomic mass is 28.3. The summed E-state index contributed by atoms with van der Waals surface area (Å²) in [6.45, 7) is 5.56. The summed E-state index contributed by atoms with van der Waals surface area (Å²) in [5, 5.41) is 0. The molecule has 0 aromatic carbocycles. The lowest BCUT2D eigenvalue weighted by Crippen LogP contribution is -2.24. The van der Waals surface area contributed by atoms with Gasteiger partial charge in [0.25, 0.3) is 8.07 Å². The summed E-state index contributed by atoms with van der Waals surface area (Å²) in [6, 6.07) is 0. The molecule has 0 amide bonds. The first-order chi connectivity index (χ1) is 4.68. The Bertz CT molecular complexity index is 239. The van der Waals surface area contributed by atoms with Gasteiger partial charge >= 0.3 is 0 Å². The van der Waals surface area contributed by atoms with E-state index in [0.717, 1.165) is 0 Å². The topological polar surface area (TPSA) is 0 Å². The molecule has 0 aromatic heterocycles. The Kier molecular flexibility index (Phi) is 3.41. The van der Waals surface area contributed by atoms with Crippen LogP contribution >= 0.6 is 0 Å². The van der Waals surface area contributed by atoms with Gasteiger partial charge < -0.3 is 0 Å². The average molecular weight is 146 g/mol. The maximum absolute atomic E-state index is 5.29. The van der Waals surface area contributed by atoms with E-state index in [1.165, 1.54) is 0 Å². The fourth-order valence-corrected chi connectivity index (χ4v) is 1.81. The highest BCUT2D eigenvalue weighted by Gasteiger charge is 2.17. The molecule has 0 atom stereocenters. The first-order valence-electron chi connectivity index (χ1n) is 3.04. The van der Waals surface area contributed by atoms with Gasteiger partial charge in [0.1, 0.15) is 0 Å². The normalized spacial score (nSPS) is 7.80. The molecule has 0 rings (SSSR count). The van der Waals surface area contributed by atoms with Crippen molar-refractivity contribution in [2.45, 2.75) is 20.4 Å². The number of terminal acetylenes is 1. The molecule has 0 unspecified atom stereocenters. The van der Waals surface area contributed by atoms with E-state index in [0.29, 0.717) is 0 Å². The van der Waals surface area contributed by atoms with Crippen LogP contribution in [0, 0.1) is 34.9 Å². The first kappa shape index (κ1) is 8.90. The smallest absolute Gasteiger partial charge is 0.125 e. The molecule has 0 spiro atoms. The van der Waals surface area contributed by atoms with Crippen LogP contribution in [0.2, 0.25) is 6.55 Å². The van der Waals surface area contributed by atoms with Gasteiger partial charge in [-0.1, -0.05) is 0 Å². The molecule has 0 aliphatic heterocycles. The van der Waals surface area contributed by atoms with Crippen molar-refractivity contribution in [3.05, 3.63) is 0 Å². The standard InChI is InChI=1S/C9H10Si/c1-5-8-10(4,7-3)9-6-2/h3H,1-2,4H3. The molecule has 0 bridgehead atoms. The second-order valence-electron chi connectivity index (χ2n) is 2.02. The lowest BCUT2D eigenvalue weighted by molar-refractivity contribution is 1.90. The first-order valence-corrected chi connectivity index (χ1v) is 5.54. The molecule has 1 heteroatoms. The lowest BCUT2D eigenvalue weighted by Gasteiger charge is -2.00. The van der Waals surface area contributed by atoms with E-state index < -0.39 is 8.07 Å². The summed E-state index contributed by atoms with van der Waals surface area (Å²) in [4.78, 5) is 0. The molecule has 0 fully saturated rings. The Morgan fingerprint density at radius 3 is 1.70 bits per heavy atom. The molecular formula is C9H10Si. The quantitative estimate of drug-likeness (QED) is 0.357. The summed E-state index contributed by atoms with van der Waals surface area (Å²) >= 11 is 0. The van der Waals surface area contributed by atoms with Crippen LogP contribution in [0.15, 0.2) is 0 Å². The van der Waals surface area contributed by atoms with Gasteiger partial charge in [0, 0.05) is 0 Å². The maximum atomic E-state index is 5.29. The monoisotopic (exact) mass is 146 g/mol. The van der Waals surface area contributed by atoms with E-state index in [-0.39, 0.29) is 0 Å². The van der Waals surface area contributed by atoms with Crippen molar-refractivity contribution in [3.8, 4) is 34.9 Å². The van der Waals surface area contributed by atoms with Crippen molar-refractivity contribution in [3.63, 3.8) is 0 Å². The van der Waals surface area contributed by atoms with Crippen LogP contribution in [0.5, 0.6) is 0 Å². The molecule has 50 valence electrons. The van der Waals surface area contributed by atoms with Gasteiger partial charge in [-0.05, 0) is 20.4 Å². The van der Waals surface area contributed by atoms with Crippen LogP contribution in [-0.4, -0.2) is 8.07 Å². The summed E-state index contributed by atoms with van der Waals surface area (Å²) in [5.41, 5.74) is 8.65. The molecule has 0 saturated carbocycles. The van der Waals surface area contributed by atoms with Crippen molar-refractivity contribution >= 4 is 8.07 Å². The molecule has 0 N–H and O–H groups in total. The fourth-order valence-electron chi connectivity index (χ4n) is 0.603. The fraction of sp³-hybridized carbons (Fsp3) is 0.333. The third kappa shape index (κ3) is 2.45. The zero-order chi connectivity index (χ0) is 8.04. The average Bonchev–Trinajstić information content (AvgIpc) is 1.89. The van der Waals surface area contributed by atoms with Gasteiger partial charge in [0.2, 0.25) is 0 Å². The van der Waals surface area contributed by atoms with Gasteiger partial charge in [0.15, 0.2) is 0 Å². The molecule has 0 radical (unpaired) electrons. The van der Waals surface area contributed by atoms with Gasteiger partial charge in [-0.15, -0.1) is 34.9 Å². The maximum Gasteiger partial charge on any atom is 0.287 e. The minimum Gasteiger partial charge on any atom is -0.125 e. The van der Waals surface area contributed by atoms with Gasteiger partial charge in [-0.3, -0.25) is 0 Å². The third-order valence-corrected chi connectivity index (χ3v) is 3.12. The highest BCUT2D eigenvalue weighted by Crippen LogP contribution is 1.95. The molecular weight excluding hydrogens is 136 g/mol. The van der Waals surface area contributed by atoms with Gasteiger partial charge in [-0.2, -0.15) is 0 Å². The van der Waals surface area contributed by atoms with Crippen molar-refractivity contribution in [2.75, 3.05) is 0 Å². The Morgan fingerprint density at radius 1 is 1.10 bits per heavy atom. The number of hydrogen-bond acceptors (Lipinski definition) is 0.